The van der Waals surface area contributed by atoms with Crippen LogP contribution in [0.1, 0.15) is 11.3 Å². The Morgan fingerprint density at radius 2 is 1.62 bits per heavy atom. The van der Waals surface area contributed by atoms with E-state index in [0.717, 1.165) is 76.5 Å². The highest BCUT2D eigenvalue weighted by molar-refractivity contribution is 5.46. The van der Waals surface area contributed by atoms with Crippen LogP contribution in [0.5, 0.6) is 0 Å². The van der Waals surface area contributed by atoms with Crippen LogP contribution in [0.4, 0.5) is 11.8 Å². The molecule has 2 aliphatic heterocycles. The van der Waals surface area contributed by atoms with E-state index in [9.17, 15) is 0 Å². The van der Waals surface area contributed by atoms with Crippen LogP contribution < -0.4 is 9.80 Å². The van der Waals surface area contributed by atoms with Crippen molar-refractivity contribution >= 4 is 11.8 Å². The number of aromatic nitrogens is 2. The molecule has 0 N–H and O–H groups in total. The van der Waals surface area contributed by atoms with Crippen molar-refractivity contribution in [3.63, 3.8) is 0 Å². The number of nitrogens with zero attached hydrogens (tertiary/aromatic N) is 5. The zero-order chi connectivity index (χ0) is 17.8. The van der Waals surface area contributed by atoms with Crippen molar-refractivity contribution in [2.75, 3.05) is 62.3 Å². The predicted octanol–water partition coefficient (Wildman–Crippen LogP) is 1.94. The number of aryl methyl sites for hydroxylation is 1. The van der Waals surface area contributed by atoms with Gasteiger partial charge in [-0.05, 0) is 12.5 Å². The lowest BCUT2D eigenvalue weighted by Gasteiger charge is -2.36. The molecule has 1 aromatic carbocycles. The second kappa shape index (κ2) is 8.01. The van der Waals surface area contributed by atoms with E-state index < -0.39 is 0 Å². The summed E-state index contributed by atoms with van der Waals surface area (Å²) in [5.74, 6) is 1.90. The summed E-state index contributed by atoms with van der Waals surface area (Å²) in [6.07, 6.45) is 0. The third-order valence-electron chi connectivity index (χ3n) is 5.07. The molecule has 1 aromatic heterocycles. The Morgan fingerprint density at radius 1 is 0.885 bits per heavy atom. The predicted molar refractivity (Wildman–Crippen MR) is 104 cm³/mol. The first-order valence-corrected chi connectivity index (χ1v) is 9.47. The maximum Gasteiger partial charge on any atom is 0.227 e. The van der Waals surface area contributed by atoms with E-state index >= 15 is 0 Å². The Labute approximate surface area is 155 Å². The van der Waals surface area contributed by atoms with E-state index in [4.69, 9.17) is 9.72 Å². The Bertz CT molecular complexity index is 709. The van der Waals surface area contributed by atoms with Gasteiger partial charge in [0, 0.05) is 57.6 Å². The van der Waals surface area contributed by atoms with Gasteiger partial charge in [-0.2, -0.15) is 4.98 Å². The van der Waals surface area contributed by atoms with E-state index in [1.165, 1.54) is 5.56 Å². The number of hydrogen-bond acceptors (Lipinski definition) is 6. The number of hydrogen-bond donors (Lipinski definition) is 0. The van der Waals surface area contributed by atoms with Crippen LogP contribution in [0.15, 0.2) is 36.4 Å². The van der Waals surface area contributed by atoms with Gasteiger partial charge < -0.3 is 14.5 Å². The van der Waals surface area contributed by atoms with Gasteiger partial charge in [0.15, 0.2) is 0 Å². The highest BCUT2D eigenvalue weighted by atomic mass is 16.5. The van der Waals surface area contributed by atoms with Crippen molar-refractivity contribution in [3.05, 3.63) is 47.7 Å². The molecule has 3 heterocycles. The SMILES string of the molecule is Cc1cc(N2CCN(Cc3ccccc3)CC2)nc(N2CCOCC2)n1. The molecular weight excluding hydrogens is 326 g/mol. The lowest BCUT2D eigenvalue weighted by atomic mass is 10.2. The van der Waals surface area contributed by atoms with Crippen molar-refractivity contribution in [2.45, 2.75) is 13.5 Å². The third-order valence-corrected chi connectivity index (χ3v) is 5.07. The van der Waals surface area contributed by atoms with Gasteiger partial charge in [0.05, 0.1) is 13.2 Å². The number of anilines is 2. The quantitative estimate of drug-likeness (QED) is 0.837. The fraction of sp³-hybridized carbons (Fsp3) is 0.500. The van der Waals surface area contributed by atoms with E-state index in [1.807, 2.05) is 0 Å². The van der Waals surface area contributed by atoms with Gasteiger partial charge in [-0.25, -0.2) is 4.98 Å². The van der Waals surface area contributed by atoms with E-state index in [-0.39, 0.29) is 0 Å². The van der Waals surface area contributed by atoms with Crippen LogP contribution in [0.3, 0.4) is 0 Å². The minimum Gasteiger partial charge on any atom is -0.378 e. The highest BCUT2D eigenvalue weighted by Crippen LogP contribution is 2.20. The summed E-state index contributed by atoms with van der Waals surface area (Å²) in [5.41, 5.74) is 2.41. The largest absolute Gasteiger partial charge is 0.378 e. The van der Waals surface area contributed by atoms with Crippen molar-refractivity contribution in [1.29, 1.82) is 0 Å². The van der Waals surface area contributed by atoms with Crippen molar-refractivity contribution in [3.8, 4) is 0 Å². The molecule has 0 unspecified atom stereocenters. The van der Waals surface area contributed by atoms with Gasteiger partial charge in [-0.3, -0.25) is 4.90 Å². The summed E-state index contributed by atoms with van der Waals surface area (Å²) in [6.45, 7) is 10.5. The summed E-state index contributed by atoms with van der Waals surface area (Å²) in [5, 5.41) is 0. The Kier molecular flexibility index (Phi) is 5.32. The first-order valence-electron chi connectivity index (χ1n) is 9.47. The lowest BCUT2D eigenvalue weighted by molar-refractivity contribution is 0.122. The molecule has 2 aromatic rings. The summed E-state index contributed by atoms with van der Waals surface area (Å²) in [4.78, 5) is 16.6. The first-order chi connectivity index (χ1) is 12.8. The molecule has 6 heteroatoms. The number of morpholine rings is 1. The molecule has 0 saturated carbocycles. The van der Waals surface area contributed by atoms with Crippen LogP contribution in [0, 0.1) is 6.92 Å². The van der Waals surface area contributed by atoms with Gasteiger partial charge in [0.2, 0.25) is 5.95 Å². The van der Waals surface area contributed by atoms with Crippen molar-refractivity contribution in [1.82, 2.24) is 14.9 Å². The average molecular weight is 353 g/mol. The minimum atomic E-state index is 0.755. The molecule has 0 aliphatic carbocycles. The average Bonchev–Trinajstić information content (AvgIpc) is 2.70. The van der Waals surface area contributed by atoms with Crippen LogP contribution in [-0.2, 0) is 11.3 Å². The molecule has 0 spiro atoms. The second-order valence-electron chi connectivity index (χ2n) is 7.02. The first kappa shape index (κ1) is 17.2. The zero-order valence-electron chi connectivity index (χ0n) is 15.5. The van der Waals surface area contributed by atoms with Crippen LogP contribution in [0.25, 0.3) is 0 Å². The maximum absolute atomic E-state index is 5.45. The van der Waals surface area contributed by atoms with Gasteiger partial charge in [0.1, 0.15) is 5.82 Å². The third kappa shape index (κ3) is 4.14. The molecule has 0 atom stereocenters. The van der Waals surface area contributed by atoms with Crippen LogP contribution >= 0.6 is 0 Å². The van der Waals surface area contributed by atoms with Gasteiger partial charge in [-0.15, -0.1) is 0 Å². The molecule has 0 bridgehead atoms. The summed E-state index contributed by atoms with van der Waals surface area (Å²) >= 11 is 0. The van der Waals surface area contributed by atoms with Gasteiger partial charge in [0.25, 0.3) is 0 Å². The molecule has 6 nitrogen and oxygen atoms in total. The van der Waals surface area contributed by atoms with Crippen molar-refractivity contribution in [2.24, 2.45) is 0 Å². The van der Waals surface area contributed by atoms with E-state index in [0.29, 0.717) is 0 Å². The smallest absolute Gasteiger partial charge is 0.227 e. The van der Waals surface area contributed by atoms with Crippen molar-refractivity contribution < 1.29 is 4.74 Å². The normalized spacial score (nSPS) is 19.0. The lowest BCUT2D eigenvalue weighted by Crippen LogP contribution is -2.46. The molecule has 2 fully saturated rings. The fourth-order valence-electron chi connectivity index (χ4n) is 3.58. The summed E-state index contributed by atoms with van der Waals surface area (Å²) in [7, 11) is 0. The number of piperazine rings is 1. The van der Waals surface area contributed by atoms with Crippen LogP contribution in [0.2, 0.25) is 0 Å². The second-order valence-corrected chi connectivity index (χ2v) is 7.02. The Hall–Kier alpha value is -2.18. The summed E-state index contributed by atoms with van der Waals surface area (Å²) < 4.78 is 5.45. The molecule has 0 radical (unpaired) electrons. The molecule has 26 heavy (non-hydrogen) atoms. The minimum absolute atomic E-state index is 0.755. The van der Waals surface area contributed by atoms with Gasteiger partial charge >= 0.3 is 0 Å². The van der Waals surface area contributed by atoms with Gasteiger partial charge in [-0.1, -0.05) is 30.3 Å². The van der Waals surface area contributed by atoms with E-state index in [1.54, 1.807) is 0 Å². The molecule has 2 saturated heterocycles. The van der Waals surface area contributed by atoms with E-state index in [2.05, 4.69) is 63.0 Å². The molecule has 0 amide bonds. The number of ether oxygens (including phenoxy) is 1. The van der Waals surface area contributed by atoms with Crippen LogP contribution in [-0.4, -0.2) is 67.4 Å². The monoisotopic (exact) mass is 353 g/mol. The standard InChI is InChI=1S/C20H27N5O/c1-17-15-19(22-20(21-17)25-11-13-26-14-12-25)24-9-7-23(8-10-24)16-18-5-3-2-4-6-18/h2-6,15H,7-14,16H2,1H3. The molecule has 4 rings (SSSR count). The molecule has 138 valence electrons. The molecular formula is C20H27N5O. The molecule has 2 aliphatic rings. The summed E-state index contributed by atoms with van der Waals surface area (Å²) in [6, 6.07) is 12.8. The topological polar surface area (TPSA) is 44.7 Å². The Morgan fingerprint density at radius 3 is 2.35 bits per heavy atom. The Balaban J connectivity index is 1.40. The fourth-order valence-corrected chi connectivity index (χ4v) is 3.58. The maximum atomic E-state index is 5.45. The number of benzene rings is 1. The zero-order valence-corrected chi connectivity index (χ0v) is 15.5. The highest BCUT2D eigenvalue weighted by Gasteiger charge is 2.21. The number of rotatable bonds is 4.